The second-order valence-corrected chi connectivity index (χ2v) is 6.84. The van der Waals surface area contributed by atoms with Crippen molar-refractivity contribution in [3.8, 4) is 0 Å². The highest BCUT2D eigenvalue weighted by Crippen LogP contribution is 2.22. The molecule has 27 heavy (non-hydrogen) atoms. The molecule has 1 aromatic heterocycles. The van der Waals surface area contributed by atoms with Gasteiger partial charge in [0.1, 0.15) is 5.82 Å². The molecule has 0 spiro atoms. The van der Waals surface area contributed by atoms with E-state index in [4.69, 9.17) is 0 Å². The smallest absolute Gasteiger partial charge is 0.295 e. The van der Waals surface area contributed by atoms with Crippen LogP contribution >= 0.6 is 0 Å². The molecule has 0 radical (unpaired) electrons. The molecule has 1 aliphatic heterocycles. The maximum atomic E-state index is 13.3. The number of fused-ring (bicyclic) bond motifs is 1. The van der Waals surface area contributed by atoms with Crippen LogP contribution in [0.1, 0.15) is 15.9 Å². The van der Waals surface area contributed by atoms with Gasteiger partial charge in [-0.2, -0.15) is 0 Å². The molecule has 1 aliphatic rings. The Labute approximate surface area is 156 Å². The number of halogens is 1. The maximum Gasteiger partial charge on any atom is 0.295 e. The predicted molar refractivity (Wildman–Crippen MR) is 103 cm³/mol. The van der Waals surface area contributed by atoms with Crippen molar-refractivity contribution in [1.29, 1.82) is 0 Å². The Hall–Kier alpha value is -3.15. The molecule has 5 nitrogen and oxygen atoms in total. The van der Waals surface area contributed by atoms with Gasteiger partial charge in [-0.25, -0.2) is 4.39 Å². The quantitative estimate of drug-likeness (QED) is 0.573. The fourth-order valence-corrected chi connectivity index (χ4v) is 3.54. The summed E-state index contributed by atoms with van der Waals surface area (Å²) in [6.07, 6.45) is 1.48. The fourth-order valence-electron chi connectivity index (χ4n) is 3.54. The molecule has 3 aromatic rings. The topological polar surface area (TPSA) is 56.4 Å². The number of hydrogen-bond donors (Lipinski definition) is 1. The molecule has 1 fully saturated rings. The monoisotopic (exact) mass is 365 g/mol. The van der Waals surface area contributed by atoms with Crippen molar-refractivity contribution in [2.75, 3.05) is 31.1 Å². The number of carbonyl (C=O) groups excluding carboxylic acids is 2. The van der Waals surface area contributed by atoms with E-state index in [1.165, 1.54) is 30.0 Å². The van der Waals surface area contributed by atoms with E-state index >= 15 is 0 Å². The zero-order valence-electron chi connectivity index (χ0n) is 15.0. The largest absolute Gasteiger partial charge is 0.368 e. The van der Waals surface area contributed by atoms with Crippen LogP contribution in [-0.2, 0) is 4.79 Å². The molecule has 2 aromatic carbocycles. The summed E-state index contributed by atoms with van der Waals surface area (Å²) >= 11 is 0. The van der Waals surface area contributed by atoms with E-state index in [1.54, 1.807) is 4.90 Å². The van der Waals surface area contributed by atoms with Crippen molar-refractivity contribution in [1.82, 2.24) is 9.88 Å². The van der Waals surface area contributed by atoms with E-state index in [2.05, 4.69) is 35.0 Å². The number of rotatable bonds is 3. The number of piperazine rings is 1. The molecule has 1 amide bonds. The van der Waals surface area contributed by atoms with Crippen molar-refractivity contribution in [2.24, 2.45) is 0 Å². The van der Waals surface area contributed by atoms with E-state index in [-0.39, 0.29) is 11.4 Å². The van der Waals surface area contributed by atoms with Crippen LogP contribution in [0, 0.1) is 12.7 Å². The van der Waals surface area contributed by atoms with Gasteiger partial charge in [-0.1, -0.05) is 12.1 Å². The standard InChI is InChI=1S/C21H20FN3O2/c1-14-3-2-4-16(11-14)24-7-9-25(10-8-24)21(27)20(26)18-13-23-19-12-15(22)5-6-17(18)19/h2-6,11-13,23H,7-10H2,1H3. The van der Waals surface area contributed by atoms with Crippen molar-refractivity contribution in [3.63, 3.8) is 0 Å². The fraction of sp³-hybridized carbons (Fsp3) is 0.238. The van der Waals surface area contributed by atoms with Gasteiger partial charge in [0.15, 0.2) is 0 Å². The molecule has 0 saturated carbocycles. The van der Waals surface area contributed by atoms with E-state index in [9.17, 15) is 14.0 Å². The lowest BCUT2D eigenvalue weighted by Crippen LogP contribution is -2.50. The summed E-state index contributed by atoms with van der Waals surface area (Å²) in [4.78, 5) is 32.0. The zero-order chi connectivity index (χ0) is 19.0. The third kappa shape index (κ3) is 3.30. The summed E-state index contributed by atoms with van der Waals surface area (Å²) in [5.74, 6) is -1.46. The number of ketones is 1. The Balaban J connectivity index is 1.46. The second kappa shape index (κ2) is 6.87. The first-order valence-electron chi connectivity index (χ1n) is 8.95. The number of Topliss-reactive ketones (excluding diaryl/α,β-unsaturated/α-hetero) is 1. The average Bonchev–Trinajstić information content (AvgIpc) is 3.10. The van der Waals surface area contributed by atoms with Gasteiger partial charge in [0, 0.05) is 49.0 Å². The lowest BCUT2D eigenvalue weighted by Gasteiger charge is -2.35. The minimum atomic E-state index is -0.558. The van der Waals surface area contributed by atoms with Gasteiger partial charge < -0.3 is 14.8 Å². The number of nitrogens with one attached hydrogen (secondary N) is 1. The van der Waals surface area contributed by atoms with Crippen LogP contribution in [0.4, 0.5) is 10.1 Å². The Kier molecular flexibility index (Phi) is 4.39. The normalized spacial score (nSPS) is 14.6. The first-order valence-corrected chi connectivity index (χ1v) is 8.95. The lowest BCUT2D eigenvalue weighted by molar-refractivity contribution is -0.126. The van der Waals surface area contributed by atoms with Gasteiger partial charge in [0.2, 0.25) is 0 Å². The van der Waals surface area contributed by atoms with Gasteiger partial charge in [0.05, 0.1) is 5.56 Å². The highest BCUT2D eigenvalue weighted by Gasteiger charge is 2.28. The Morgan fingerprint density at radius 1 is 1.04 bits per heavy atom. The van der Waals surface area contributed by atoms with E-state index in [0.29, 0.717) is 37.1 Å². The van der Waals surface area contributed by atoms with Gasteiger partial charge in [-0.15, -0.1) is 0 Å². The predicted octanol–water partition coefficient (Wildman–Crippen LogP) is 3.15. The SMILES string of the molecule is Cc1cccc(N2CCN(C(=O)C(=O)c3c[nH]c4cc(F)ccc34)CC2)c1. The molecule has 0 unspecified atom stereocenters. The van der Waals surface area contributed by atoms with Crippen molar-refractivity contribution < 1.29 is 14.0 Å². The highest BCUT2D eigenvalue weighted by atomic mass is 19.1. The Bertz CT molecular complexity index is 1020. The van der Waals surface area contributed by atoms with Crippen LogP contribution in [0.5, 0.6) is 0 Å². The number of carbonyl (C=O) groups is 2. The van der Waals surface area contributed by atoms with E-state index in [1.807, 2.05) is 6.07 Å². The minimum absolute atomic E-state index is 0.288. The average molecular weight is 365 g/mol. The molecule has 6 heteroatoms. The number of H-pyrrole nitrogens is 1. The molecular formula is C21H20FN3O2. The van der Waals surface area contributed by atoms with Gasteiger partial charge in [-0.05, 0) is 42.8 Å². The van der Waals surface area contributed by atoms with E-state index < -0.39 is 11.7 Å². The third-order valence-corrected chi connectivity index (χ3v) is 5.02. The summed E-state index contributed by atoms with van der Waals surface area (Å²) < 4.78 is 13.3. The summed E-state index contributed by atoms with van der Waals surface area (Å²) in [5, 5.41) is 0.563. The van der Waals surface area contributed by atoms with Crippen molar-refractivity contribution in [3.05, 3.63) is 65.6 Å². The number of hydrogen-bond acceptors (Lipinski definition) is 3. The maximum absolute atomic E-state index is 13.3. The summed E-state index contributed by atoms with van der Waals surface area (Å²) in [5.41, 5.74) is 3.12. The van der Waals surface area contributed by atoms with Crippen LogP contribution < -0.4 is 4.90 Å². The van der Waals surface area contributed by atoms with Crippen LogP contribution in [0.2, 0.25) is 0 Å². The number of benzene rings is 2. The molecule has 0 atom stereocenters. The van der Waals surface area contributed by atoms with Crippen LogP contribution in [0.3, 0.4) is 0 Å². The Morgan fingerprint density at radius 2 is 1.81 bits per heavy atom. The van der Waals surface area contributed by atoms with Crippen molar-refractivity contribution in [2.45, 2.75) is 6.92 Å². The number of nitrogens with zero attached hydrogens (tertiary/aromatic N) is 2. The molecule has 0 bridgehead atoms. The number of anilines is 1. The Morgan fingerprint density at radius 3 is 2.56 bits per heavy atom. The lowest BCUT2D eigenvalue weighted by atomic mass is 10.1. The molecule has 2 heterocycles. The van der Waals surface area contributed by atoms with Crippen LogP contribution in [0.15, 0.2) is 48.7 Å². The second-order valence-electron chi connectivity index (χ2n) is 6.84. The number of aromatic nitrogens is 1. The first-order chi connectivity index (χ1) is 13.0. The zero-order valence-corrected chi connectivity index (χ0v) is 15.0. The first kappa shape index (κ1) is 17.3. The molecule has 1 N–H and O–H groups in total. The molecular weight excluding hydrogens is 345 g/mol. The van der Waals surface area contributed by atoms with Crippen LogP contribution in [0.25, 0.3) is 10.9 Å². The van der Waals surface area contributed by atoms with Crippen LogP contribution in [-0.4, -0.2) is 47.8 Å². The summed E-state index contributed by atoms with van der Waals surface area (Å²) in [6, 6.07) is 12.4. The van der Waals surface area contributed by atoms with Gasteiger partial charge in [-0.3, -0.25) is 9.59 Å². The number of aromatic amines is 1. The molecule has 138 valence electrons. The minimum Gasteiger partial charge on any atom is -0.368 e. The number of aryl methyl sites for hydroxylation is 1. The third-order valence-electron chi connectivity index (χ3n) is 5.02. The summed E-state index contributed by atoms with van der Waals surface area (Å²) in [7, 11) is 0. The van der Waals surface area contributed by atoms with E-state index in [0.717, 1.165) is 5.69 Å². The number of amides is 1. The molecule has 0 aliphatic carbocycles. The van der Waals surface area contributed by atoms with Gasteiger partial charge in [0.25, 0.3) is 11.7 Å². The van der Waals surface area contributed by atoms with Crippen molar-refractivity contribution >= 4 is 28.3 Å². The molecule has 1 saturated heterocycles. The summed E-state index contributed by atoms with van der Waals surface area (Å²) in [6.45, 7) is 4.41. The molecule has 4 rings (SSSR count). The highest BCUT2D eigenvalue weighted by molar-refractivity contribution is 6.44. The van der Waals surface area contributed by atoms with Gasteiger partial charge >= 0.3 is 0 Å².